The number of carbonyl (C=O) groups excluding carboxylic acids is 2. The summed E-state index contributed by atoms with van der Waals surface area (Å²) in [6, 6.07) is 9.29. The third-order valence-corrected chi connectivity index (χ3v) is 2.54. The number of amides is 1. The summed E-state index contributed by atoms with van der Waals surface area (Å²) in [5.41, 5.74) is 2.44. The van der Waals surface area contributed by atoms with E-state index >= 15 is 0 Å². The average molecular weight is 242 g/mol. The van der Waals surface area contributed by atoms with Gasteiger partial charge in [0.1, 0.15) is 6.54 Å². The van der Waals surface area contributed by atoms with Gasteiger partial charge in [-0.15, -0.1) is 0 Å². The van der Waals surface area contributed by atoms with Crippen LogP contribution in [0.4, 0.5) is 5.69 Å². The second-order valence-electron chi connectivity index (χ2n) is 4.15. The molecular formula is C14H14N2O2. The van der Waals surface area contributed by atoms with Gasteiger partial charge in [0.15, 0.2) is 6.29 Å². The van der Waals surface area contributed by atoms with Gasteiger partial charge in [-0.05, 0) is 30.7 Å². The maximum Gasteiger partial charge on any atom is 0.244 e. The van der Waals surface area contributed by atoms with Gasteiger partial charge in [0.25, 0.3) is 0 Å². The SMILES string of the molecule is Cc1cccc(NC(=O)Cn2ccc(C=O)c2)c1. The van der Waals surface area contributed by atoms with E-state index < -0.39 is 0 Å². The van der Waals surface area contributed by atoms with Crippen LogP contribution >= 0.6 is 0 Å². The highest BCUT2D eigenvalue weighted by molar-refractivity contribution is 5.90. The van der Waals surface area contributed by atoms with Crippen LogP contribution in [0.15, 0.2) is 42.7 Å². The van der Waals surface area contributed by atoms with Crippen LogP contribution in [0.2, 0.25) is 0 Å². The van der Waals surface area contributed by atoms with Crippen LogP contribution < -0.4 is 5.32 Å². The Hall–Kier alpha value is -2.36. The number of aldehydes is 1. The predicted molar refractivity (Wildman–Crippen MR) is 69.6 cm³/mol. The molecule has 1 heterocycles. The summed E-state index contributed by atoms with van der Waals surface area (Å²) in [5, 5.41) is 2.81. The maximum atomic E-state index is 11.8. The highest BCUT2D eigenvalue weighted by Gasteiger charge is 2.04. The molecule has 18 heavy (non-hydrogen) atoms. The van der Waals surface area contributed by atoms with Crippen LogP contribution in [0, 0.1) is 6.92 Å². The zero-order chi connectivity index (χ0) is 13.0. The van der Waals surface area contributed by atoms with Crippen LogP contribution in [0.25, 0.3) is 0 Å². The average Bonchev–Trinajstić information content (AvgIpc) is 2.76. The van der Waals surface area contributed by atoms with E-state index in [0.717, 1.165) is 17.5 Å². The molecule has 1 aromatic carbocycles. The van der Waals surface area contributed by atoms with Gasteiger partial charge in [-0.1, -0.05) is 12.1 Å². The van der Waals surface area contributed by atoms with Crippen molar-refractivity contribution in [3.8, 4) is 0 Å². The number of anilines is 1. The molecule has 2 rings (SSSR count). The Labute approximate surface area is 105 Å². The van der Waals surface area contributed by atoms with Gasteiger partial charge in [-0.2, -0.15) is 0 Å². The Morgan fingerprint density at radius 3 is 2.89 bits per heavy atom. The minimum atomic E-state index is -0.117. The van der Waals surface area contributed by atoms with Crippen molar-refractivity contribution < 1.29 is 9.59 Å². The third-order valence-electron chi connectivity index (χ3n) is 2.54. The number of aromatic nitrogens is 1. The molecule has 0 fully saturated rings. The lowest BCUT2D eigenvalue weighted by Crippen LogP contribution is -2.17. The van der Waals surface area contributed by atoms with E-state index in [2.05, 4.69) is 5.32 Å². The lowest BCUT2D eigenvalue weighted by Gasteiger charge is -2.06. The summed E-state index contributed by atoms with van der Waals surface area (Å²) in [5.74, 6) is -0.117. The summed E-state index contributed by atoms with van der Waals surface area (Å²) < 4.78 is 1.68. The van der Waals surface area contributed by atoms with Crippen molar-refractivity contribution in [2.75, 3.05) is 5.32 Å². The number of rotatable bonds is 4. The first-order valence-electron chi connectivity index (χ1n) is 5.65. The van der Waals surface area contributed by atoms with Gasteiger partial charge >= 0.3 is 0 Å². The Morgan fingerprint density at radius 2 is 2.22 bits per heavy atom. The van der Waals surface area contributed by atoms with Crippen LogP contribution in [-0.4, -0.2) is 16.8 Å². The number of carbonyl (C=O) groups is 2. The standard InChI is InChI=1S/C14H14N2O2/c1-11-3-2-4-13(7-11)15-14(18)9-16-6-5-12(8-16)10-17/h2-8,10H,9H2,1H3,(H,15,18). The molecule has 4 nitrogen and oxygen atoms in total. The van der Waals surface area contributed by atoms with E-state index in [1.807, 2.05) is 31.2 Å². The van der Waals surface area contributed by atoms with Gasteiger partial charge in [0.05, 0.1) is 0 Å². The number of benzene rings is 1. The Balaban J connectivity index is 1.98. The van der Waals surface area contributed by atoms with Crippen LogP contribution in [0.1, 0.15) is 15.9 Å². The summed E-state index contributed by atoms with van der Waals surface area (Å²) in [6.07, 6.45) is 4.11. The van der Waals surface area contributed by atoms with E-state index in [1.54, 1.807) is 23.0 Å². The number of aryl methyl sites for hydroxylation is 1. The van der Waals surface area contributed by atoms with Gasteiger partial charge in [-0.25, -0.2) is 0 Å². The predicted octanol–water partition coefficient (Wildman–Crippen LogP) is 2.25. The van der Waals surface area contributed by atoms with Crippen LogP contribution in [0.3, 0.4) is 0 Å². The first-order chi connectivity index (χ1) is 8.67. The Kier molecular flexibility index (Phi) is 3.57. The molecule has 92 valence electrons. The molecule has 0 atom stereocenters. The fourth-order valence-corrected chi connectivity index (χ4v) is 1.72. The van der Waals surface area contributed by atoms with Crippen molar-refractivity contribution >= 4 is 17.9 Å². The first-order valence-corrected chi connectivity index (χ1v) is 5.65. The molecule has 0 saturated heterocycles. The number of hydrogen-bond donors (Lipinski definition) is 1. The molecule has 0 saturated carbocycles. The molecule has 2 aromatic rings. The summed E-state index contributed by atoms with van der Waals surface area (Å²) in [4.78, 5) is 22.3. The van der Waals surface area contributed by atoms with Crippen LogP contribution in [-0.2, 0) is 11.3 Å². The summed E-state index contributed by atoms with van der Waals surface area (Å²) in [6.45, 7) is 2.17. The van der Waals surface area contributed by atoms with E-state index in [4.69, 9.17) is 0 Å². The third kappa shape index (κ3) is 3.07. The number of nitrogens with one attached hydrogen (secondary N) is 1. The zero-order valence-corrected chi connectivity index (χ0v) is 10.1. The second kappa shape index (κ2) is 5.31. The van der Waals surface area contributed by atoms with Gasteiger partial charge in [0.2, 0.25) is 5.91 Å². The van der Waals surface area contributed by atoms with Crippen molar-refractivity contribution in [2.24, 2.45) is 0 Å². The molecule has 4 heteroatoms. The van der Waals surface area contributed by atoms with Crippen molar-refractivity contribution in [3.05, 3.63) is 53.9 Å². The Bertz CT molecular complexity index is 573. The van der Waals surface area contributed by atoms with Crippen molar-refractivity contribution in [2.45, 2.75) is 13.5 Å². The lowest BCUT2D eigenvalue weighted by molar-refractivity contribution is -0.116. The first kappa shape index (κ1) is 12.1. The fourth-order valence-electron chi connectivity index (χ4n) is 1.72. The number of nitrogens with zero attached hydrogens (tertiary/aromatic N) is 1. The molecule has 0 aliphatic carbocycles. The monoisotopic (exact) mass is 242 g/mol. The molecule has 1 amide bonds. The molecule has 1 aromatic heterocycles. The molecule has 0 bridgehead atoms. The van der Waals surface area contributed by atoms with E-state index in [1.165, 1.54) is 0 Å². The van der Waals surface area contributed by atoms with Gasteiger partial charge in [0, 0.05) is 23.6 Å². The van der Waals surface area contributed by atoms with Crippen molar-refractivity contribution in [1.29, 1.82) is 0 Å². The number of hydrogen-bond acceptors (Lipinski definition) is 2. The molecule has 0 unspecified atom stereocenters. The van der Waals surface area contributed by atoms with E-state index in [9.17, 15) is 9.59 Å². The minimum Gasteiger partial charge on any atom is -0.344 e. The molecule has 0 radical (unpaired) electrons. The zero-order valence-electron chi connectivity index (χ0n) is 10.1. The molecule has 0 spiro atoms. The van der Waals surface area contributed by atoms with E-state index in [-0.39, 0.29) is 12.5 Å². The summed E-state index contributed by atoms with van der Waals surface area (Å²) >= 11 is 0. The molecule has 1 N–H and O–H groups in total. The van der Waals surface area contributed by atoms with Crippen molar-refractivity contribution in [1.82, 2.24) is 4.57 Å². The van der Waals surface area contributed by atoms with Crippen molar-refractivity contribution in [3.63, 3.8) is 0 Å². The second-order valence-corrected chi connectivity index (χ2v) is 4.15. The highest BCUT2D eigenvalue weighted by Crippen LogP contribution is 2.09. The lowest BCUT2D eigenvalue weighted by atomic mass is 10.2. The quantitative estimate of drug-likeness (QED) is 0.836. The molecular weight excluding hydrogens is 228 g/mol. The molecule has 0 aliphatic rings. The topological polar surface area (TPSA) is 51.1 Å². The Morgan fingerprint density at radius 1 is 1.39 bits per heavy atom. The normalized spacial score (nSPS) is 10.1. The highest BCUT2D eigenvalue weighted by atomic mass is 16.2. The van der Waals surface area contributed by atoms with Gasteiger partial charge in [-0.3, -0.25) is 9.59 Å². The molecule has 0 aliphatic heterocycles. The maximum absolute atomic E-state index is 11.8. The summed E-state index contributed by atoms with van der Waals surface area (Å²) in [7, 11) is 0. The van der Waals surface area contributed by atoms with Gasteiger partial charge < -0.3 is 9.88 Å². The van der Waals surface area contributed by atoms with Crippen LogP contribution in [0.5, 0.6) is 0 Å². The largest absolute Gasteiger partial charge is 0.344 e. The minimum absolute atomic E-state index is 0.117. The smallest absolute Gasteiger partial charge is 0.244 e. The van der Waals surface area contributed by atoms with E-state index in [0.29, 0.717) is 5.56 Å². The fraction of sp³-hybridized carbons (Fsp3) is 0.143.